The van der Waals surface area contributed by atoms with Crippen molar-refractivity contribution < 1.29 is 5.11 Å². The number of unbranched alkanes of at least 4 members (excludes halogenated alkanes) is 3. The third kappa shape index (κ3) is 7.60. The molecule has 0 aromatic heterocycles. The van der Waals surface area contributed by atoms with E-state index in [1.165, 1.54) is 31.3 Å². The molecule has 66 valence electrons. The van der Waals surface area contributed by atoms with Gasteiger partial charge in [0.2, 0.25) is 0 Å². The largest absolute Gasteiger partial charge is 0.396 e. The van der Waals surface area contributed by atoms with Gasteiger partial charge >= 0.3 is 0 Å². The first-order valence-corrected chi connectivity index (χ1v) is 4.57. The highest BCUT2D eigenvalue weighted by Crippen LogP contribution is 2.05. The molecule has 0 aliphatic carbocycles. The van der Waals surface area contributed by atoms with Gasteiger partial charge in [0.1, 0.15) is 0 Å². The molecule has 0 fully saturated rings. The molecule has 0 bridgehead atoms. The Labute approximate surface area is 70.1 Å². The third-order valence-electron chi connectivity index (χ3n) is 1.81. The lowest BCUT2D eigenvalue weighted by atomic mass is 10.1. The lowest BCUT2D eigenvalue weighted by molar-refractivity contribution is 0.299. The van der Waals surface area contributed by atoms with Crippen LogP contribution in [0.1, 0.15) is 46.0 Å². The summed E-state index contributed by atoms with van der Waals surface area (Å²) in [4.78, 5) is 0. The van der Waals surface area contributed by atoms with Crippen LogP contribution in [0.4, 0.5) is 0 Å². The minimum atomic E-state index is 0.288. The van der Waals surface area contributed by atoms with Crippen molar-refractivity contribution in [3.63, 3.8) is 0 Å². The van der Waals surface area contributed by atoms with E-state index in [0.29, 0.717) is 0 Å². The molecule has 0 aliphatic heterocycles. The van der Waals surface area contributed by atoms with Gasteiger partial charge in [0, 0.05) is 6.61 Å². The predicted octanol–water partition coefficient (Wildman–Crippen LogP) is 2.90. The second kappa shape index (κ2) is 7.80. The van der Waals surface area contributed by atoms with Gasteiger partial charge in [-0.15, -0.1) is 0 Å². The van der Waals surface area contributed by atoms with Crippen molar-refractivity contribution in [1.29, 1.82) is 0 Å². The first-order valence-electron chi connectivity index (χ1n) is 4.57. The Morgan fingerprint density at radius 3 is 2.64 bits per heavy atom. The van der Waals surface area contributed by atoms with E-state index >= 15 is 0 Å². The molecule has 0 saturated carbocycles. The minimum Gasteiger partial charge on any atom is -0.396 e. The highest BCUT2D eigenvalue weighted by atomic mass is 16.2. The van der Waals surface area contributed by atoms with E-state index in [1.807, 2.05) is 0 Å². The molecule has 0 atom stereocenters. The molecule has 1 nitrogen and oxygen atoms in total. The molecular formula is C10H20O. The number of allylic oxidation sites excluding steroid dienone is 1. The number of aliphatic hydroxyl groups excluding tert-OH is 1. The first-order chi connectivity index (χ1) is 5.31. The zero-order chi connectivity index (χ0) is 8.53. The summed E-state index contributed by atoms with van der Waals surface area (Å²) in [7, 11) is 0. The number of aliphatic hydroxyl groups is 1. The van der Waals surface area contributed by atoms with Crippen molar-refractivity contribution in [2.45, 2.75) is 46.0 Å². The maximum absolute atomic E-state index is 8.60. The molecule has 0 amide bonds. The van der Waals surface area contributed by atoms with Gasteiger partial charge in [-0.25, -0.2) is 0 Å². The van der Waals surface area contributed by atoms with Crippen molar-refractivity contribution in [2.24, 2.45) is 0 Å². The fourth-order valence-corrected chi connectivity index (χ4v) is 1.02. The minimum absolute atomic E-state index is 0.288. The Kier molecular flexibility index (Phi) is 7.59. The summed E-state index contributed by atoms with van der Waals surface area (Å²) >= 11 is 0. The highest BCUT2D eigenvalue weighted by Gasteiger charge is 1.87. The molecule has 0 unspecified atom stereocenters. The molecule has 0 aromatic rings. The summed E-state index contributed by atoms with van der Waals surface area (Å²) in [5.41, 5.74) is 1.32. The molecule has 1 N–H and O–H groups in total. The van der Waals surface area contributed by atoms with Gasteiger partial charge in [-0.05, 0) is 26.2 Å². The quantitative estimate of drug-likeness (QED) is 0.463. The Morgan fingerprint density at radius 2 is 2.09 bits per heavy atom. The summed E-state index contributed by atoms with van der Waals surface area (Å²) < 4.78 is 0. The lowest BCUT2D eigenvalue weighted by Gasteiger charge is -1.97. The van der Waals surface area contributed by atoms with Crippen LogP contribution in [-0.2, 0) is 0 Å². The summed E-state index contributed by atoms with van der Waals surface area (Å²) in [6.07, 6.45) is 8.16. The van der Waals surface area contributed by atoms with E-state index in [9.17, 15) is 0 Å². The highest BCUT2D eigenvalue weighted by molar-refractivity contribution is 4.97. The Morgan fingerprint density at radius 1 is 1.36 bits per heavy atom. The first kappa shape index (κ1) is 10.7. The van der Waals surface area contributed by atoms with Gasteiger partial charge in [-0.3, -0.25) is 0 Å². The fourth-order valence-electron chi connectivity index (χ4n) is 1.02. The standard InChI is InChI=1S/C10H20O/c1-3-4-5-6-7-10(2)8-9-11/h7,11H,3-6,8-9H2,1-2H3. The normalized spacial score (nSPS) is 12.1. The predicted molar refractivity (Wildman–Crippen MR) is 49.6 cm³/mol. The van der Waals surface area contributed by atoms with E-state index in [1.54, 1.807) is 0 Å². The smallest absolute Gasteiger partial charge is 0.0468 e. The monoisotopic (exact) mass is 156 g/mol. The van der Waals surface area contributed by atoms with Gasteiger partial charge < -0.3 is 5.11 Å². The van der Waals surface area contributed by atoms with Gasteiger partial charge in [-0.2, -0.15) is 0 Å². The summed E-state index contributed by atoms with van der Waals surface area (Å²) in [6, 6.07) is 0. The molecule has 0 heterocycles. The zero-order valence-corrected chi connectivity index (χ0v) is 7.77. The van der Waals surface area contributed by atoms with Gasteiger partial charge in [0.05, 0.1) is 0 Å². The van der Waals surface area contributed by atoms with Crippen molar-refractivity contribution in [2.75, 3.05) is 6.61 Å². The van der Waals surface area contributed by atoms with E-state index in [4.69, 9.17) is 5.11 Å². The number of hydrogen-bond donors (Lipinski definition) is 1. The van der Waals surface area contributed by atoms with Crippen LogP contribution < -0.4 is 0 Å². The van der Waals surface area contributed by atoms with Crippen LogP contribution in [0.5, 0.6) is 0 Å². The van der Waals surface area contributed by atoms with E-state index < -0.39 is 0 Å². The maximum Gasteiger partial charge on any atom is 0.0468 e. The van der Waals surface area contributed by atoms with Crippen LogP contribution >= 0.6 is 0 Å². The average molecular weight is 156 g/mol. The molecule has 0 saturated heterocycles. The summed E-state index contributed by atoms with van der Waals surface area (Å²) in [5, 5.41) is 8.60. The number of hydrogen-bond acceptors (Lipinski definition) is 1. The maximum atomic E-state index is 8.60. The molecule has 0 rings (SSSR count). The van der Waals surface area contributed by atoms with Crippen LogP contribution in [0.3, 0.4) is 0 Å². The van der Waals surface area contributed by atoms with Crippen LogP contribution in [0.15, 0.2) is 11.6 Å². The molecule has 1 heteroatoms. The molecule has 0 aliphatic rings. The Balaban J connectivity index is 3.24. The SMILES string of the molecule is CCCCCC=C(C)CCO. The van der Waals surface area contributed by atoms with Crippen molar-refractivity contribution >= 4 is 0 Å². The Hall–Kier alpha value is -0.300. The van der Waals surface area contributed by atoms with Gasteiger partial charge in [0.25, 0.3) is 0 Å². The molecule has 0 aromatic carbocycles. The van der Waals surface area contributed by atoms with Gasteiger partial charge in [-0.1, -0.05) is 31.4 Å². The van der Waals surface area contributed by atoms with E-state index in [2.05, 4.69) is 19.9 Å². The summed E-state index contributed by atoms with van der Waals surface area (Å²) in [5.74, 6) is 0. The lowest BCUT2D eigenvalue weighted by Crippen LogP contribution is -1.83. The fraction of sp³-hybridized carbons (Fsp3) is 0.800. The van der Waals surface area contributed by atoms with Crippen LogP contribution in [0.25, 0.3) is 0 Å². The molecule has 0 radical (unpaired) electrons. The summed E-state index contributed by atoms with van der Waals surface area (Å²) in [6.45, 7) is 4.59. The second-order valence-electron chi connectivity index (χ2n) is 3.02. The van der Waals surface area contributed by atoms with Gasteiger partial charge in [0.15, 0.2) is 0 Å². The molecule has 0 spiro atoms. The topological polar surface area (TPSA) is 20.2 Å². The second-order valence-corrected chi connectivity index (χ2v) is 3.02. The average Bonchev–Trinajstić information content (AvgIpc) is 1.99. The Bertz CT molecular complexity index is 105. The van der Waals surface area contributed by atoms with Crippen LogP contribution in [0.2, 0.25) is 0 Å². The van der Waals surface area contributed by atoms with Crippen LogP contribution in [-0.4, -0.2) is 11.7 Å². The van der Waals surface area contributed by atoms with E-state index in [-0.39, 0.29) is 6.61 Å². The van der Waals surface area contributed by atoms with Crippen LogP contribution in [0, 0.1) is 0 Å². The van der Waals surface area contributed by atoms with Crippen molar-refractivity contribution in [3.8, 4) is 0 Å². The zero-order valence-electron chi connectivity index (χ0n) is 7.77. The number of rotatable bonds is 6. The van der Waals surface area contributed by atoms with E-state index in [0.717, 1.165) is 6.42 Å². The third-order valence-corrected chi connectivity index (χ3v) is 1.81. The molecule has 11 heavy (non-hydrogen) atoms. The van der Waals surface area contributed by atoms with Crippen molar-refractivity contribution in [1.82, 2.24) is 0 Å². The van der Waals surface area contributed by atoms with Crippen molar-refractivity contribution in [3.05, 3.63) is 11.6 Å². The molecular weight excluding hydrogens is 136 g/mol.